The van der Waals surface area contributed by atoms with Crippen LogP contribution in [0.25, 0.3) is 0 Å². The molecule has 1 aromatic heterocycles. The van der Waals surface area contributed by atoms with E-state index in [1.165, 1.54) is 0 Å². The van der Waals surface area contributed by atoms with Gasteiger partial charge in [0, 0.05) is 18.7 Å². The minimum absolute atomic E-state index is 0.0339. The molecule has 34 heavy (non-hydrogen) atoms. The molecule has 0 bridgehead atoms. The number of nitrogens with two attached hydrogens (primary N) is 3. The van der Waals surface area contributed by atoms with Crippen molar-refractivity contribution < 1.29 is 23.9 Å². The molecule has 0 radical (unpaired) electrons. The zero-order valence-corrected chi connectivity index (χ0v) is 19.0. The molecule has 8 N–H and O–H groups in total. The number of rotatable bonds is 12. The zero-order chi connectivity index (χ0) is 25.1. The normalized spacial score (nSPS) is 12.3. The van der Waals surface area contributed by atoms with Crippen molar-refractivity contribution in [3.05, 3.63) is 59.3 Å². The van der Waals surface area contributed by atoms with Gasteiger partial charge < -0.3 is 32.6 Å². The lowest BCUT2D eigenvalue weighted by atomic mass is 10.0. The van der Waals surface area contributed by atoms with Gasteiger partial charge in [0.25, 0.3) is 5.91 Å². The van der Waals surface area contributed by atoms with E-state index >= 15 is 0 Å². The Hall–Kier alpha value is -4.15. The number of hydrogen-bond acceptors (Lipinski definition) is 7. The van der Waals surface area contributed by atoms with Gasteiger partial charge in [0.05, 0.1) is 0 Å². The second-order valence-corrected chi connectivity index (χ2v) is 7.71. The van der Waals surface area contributed by atoms with E-state index in [0.717, 1.165) is 11.1 Å². The Labute approximate surface area is 197 Å². The maximum atomic E-state index is 12.9. The van der Waals surface area contributed by atoms with Gasteiger partial charge in [-0.2, -0.15) is 0 Å². The summed E-state index contributed by atoms with van der Waals surface area (Å²) in [5, 5.41) is 5.25. The van der Waals surface area contributed by atoms with E-state index in [0.29, 0.717) is 17.9 Å². The van der Waals surface area contributed by atoms with E-state index in [1.54, 1.807) is 19.1 Å². The van der Waals surface area contributed by atoms with Crippen molar-refractivity contribution in [2.75, 3.05) is 5.73 Å². The molecular formula is C23H30N6O5. The Morgan fingerprint density at radius 2 is 1.71 bits per heavy atom. The van der Waals surface area contributed by atoms with Gasteiger partial charge in [-0.25, -0.2) is 9.78 Å². The summed E-state index contributed by atoms with van der Waals surface area (Å²) in [6.07, 6.45) is -1.91. The quantitative estimate of drug-likeness (QED) is 0.297. The highest BCUT2D eigenvalue weighted by Gasteiger charge is 2.28. The largest absolute Gasteiger partial charge is 0.436 e. The number of benzene rings is 1. The fraction of sp³-hybridized carbons (Fsp3) is 0.348. The molecule has 0 spiro atoms. The third-order valence-corrected chi connectivity index (χ3v) is 5.07. The molecule has 1 aromatic carbocycles. The molecule has 0 saturated carbocycles. The lowest BCUT2D eigenvalue weighted by molar-refractivity contribution is -0.134. The van der Waals surface area contributed by atoms with Crippen LogP contribution >= 0.6 is 0 Å². The summed E-state index contributed by atoms with van der Waals surface area (Å²) < 4.78 is 4.98. The van der Waals surface area contributed by atoms with Crippen LogP contribution in [0, 0.1) is 6.92 Å². The molecule has 182 valence electrons. The number of anilines is 1. The van der Waals surface area contributed by atoms with Crippen LogP contribution < -0.4 is 27.8 Å². The monoisotopic (exact) mass is 470 g/mol. The molecule has 0 saturated heterocycles. The molecule has 0 fully saturated rings. The summed E-state index contributed by atoms with van der Waals surface area (Å²) in [7, 11) is 0. The molecular weight excluding hydrogens is 440 g/mol. The number of aryl methyl sites for hydroxylation is 2. The number of carbonyl (C=O) groups is 4. The van der Waals surface area contributed by atoms with Crippen molar-refractivity contribution in [1.29, 1.82) is 0 Å². The summed E-state index contributed by atoms with van der Waals surface area (Å²) in [4.78, 5) is 52.4. The van der Waals surface area contributed by atoms with Crippen molar-refractivity contribution in [3.63, 3.8) is 0 Å². The van der Waals surface area contributed by atoms with Crippen LogP contribution in [0.5, 0.6) is 0 Å². The highest BCUT2D eigenvalue weighted by Crippen LogP contribution is 2.11. The summed E-state index contributed by atoms with van der Waals surface area (Å²) in [5.74, 6) is -1.51. The number of amides is 4. The van der Waals surface area contributed by atoms with Crippen LogP contribution in [0.3, 0.4) is 0 Å². The number of primary amides is 2. The third-order valence-electron chi connectivity index (χ3n) is 5.07. The van der Waals surface area contributed by atoms with Crippen molar-refractivity contribution in [2.24, 2.45) is 11.5 Å². The SMILES string of the molecule is Cc1nc(N)ccc1CNC(=O)C(CCC(N)=O)NC(=O)C(CCc1ccccc1)OC(N)=O. The maximum Gasteiger partial charge on any atom is 0.405 e. The van der Waals surface area contributed by atoms with Crippen LogP contribution in [0.2, 0.25) is 0 Å². The number of nitrogens with zero attached hydrogens (tertiary/aromatic N) is 1. The Bertz CT molecular complexity index is 1010. The molecule has 0 aliphatic carbocycles. The molecule has 2 unspecified atom stereocenters. The molecule has 11 heteroatoms. The summed E-state index contributed by atoms with van der Waals surface area (Å²) in [5.41, 5.74) is 18.3. The van der Waals surface area contributed by atoms with E-state index in [4.69, 9.17) is 21.9 Å². The Morgan fingerprint density at radius 3 is 2.32 bits per heavy atom. The van der Waals surface area contributed by atoms with Gasteiger partial charge in [0.1, 0.15) is 11.9 Å². The van der Waals surface area contributed by atoms with Crippen molar-refractivity contribution in [1.82, 2.24) is 15.6 Å². The van der Waals surface area contributed by atoms with Gasteiger partial charge in [-0.3, -0.25) is 14.4 Å². The molecule has 2 rings (SSSR count). The number of nitrogens with one attached hydrogen (secondary N) is 2. The maximum absolute atomic E-state index is 12.9. The van der Waals surface area contributed by atoms with Crippen LogP contribution in [0.4, 0.5) is 10.6 Å². The van der Waals surface area contributed by atoms with Gasteiger partial charge in [0.15, 0.2) is 6.10 Å². The van der Waals surface area contributed by atoms with Crippen molar-refractivity contribution in [3.8, 4) is 0 Å². The number of hydrogen-bond donors (Lipinski definition) is 5. The molecule has 2 atom stereocenters. The molecule has 2 aromatic rings. The molecule has 11 nitrogen and oxygen atoms in total. The number of aromatic nitrogens is 1. The highest BCUT2D eigenvalue weighted by atomic mass is 16.6. The van der Waals surface area contributed by atoms with Crippen LogP contribution in [-0.4, -0.2) is 40.9 Å². The Morgan fingerprint density at radius 1 is 1.00 bits per heavy atom. The topological polar surface area (TPSA) is 193 Å². The number of carbonyl (C=O) groups excluding carboxylic acids is 4. The highest BCUT2D eigenvalue weighted by molar-refractivity contribution is 5.90. The fourth-order valence-electron chi connectivity index (χ4n) is 3.25. The first-order valence-corrected chi connectivity index (χ1v) is 10.7. The fourth-order valence-corrected chi connectivity index (χ4v) is 3.25. The molecule has 4 amide bonds. The smallest absolute Gasteiger partial charge is 0.405 e. The first-order valence-electron chi connectivity index (χ1n) is 10.7. The van der Waals surface area contributed by atoms with Gasteiger partial charge in [0.2, 0.25) is 11.8 Å². The van der Waals surface area contributed by atoms with E-state index < -0.39 is 36.0 Å². The second kappa shape index (κ2) is 12.8. The molecule has 0 aliphatic rings. The van der Waals surface area contributed by atoms with Crippen LogP contribution in [0.15, 0.2) is 42.5 Å². The van der Waals surface area contributed by atoms with E-state index in [1.807, 2.05) is 30.3 Å². The molecule has 0 aliphatic heterocycles. The Balaban J connectivity index is 2.07. The van der Waals surface area contributed by atoms with E-state index in [2.05, 4.69) is 15.6 Å². The summed E-state index contributed by atoms with van der Waals surface area (Å²) >= 11 is 0. The first-order chi connectivity index (χ1) is 16.2. The predicted octanol–water partition coefficient (Wildman–Crippen LogP) is 0.435. The minimum Gasteiger partial charge on any atom is -0.436 e. The van der Waals surface area contributed by atoms with Crippen molar-refractivity contribution >= 4 is 29.6 Å². The average Bonchev–Trinajstić information content (AvgIpc) is 2.78. The minimum atomic E-state index is -1.22. The summed E-state index contributed by atoms with van der Waals surface area (Å²) in [6.45, 7) is 1.89. The third kappa shape index (κ3) is 8.77. The number of ether oxygens (including phenoxy) is 1. The predicted molar refractivity (Wildman–Crippen MR) is 125 cm³/mol. The van der Waals surface area contributed by atoms with Gasteiger partial charge in [-0.1, -0.05) is 36.4 Å². The summed E-state index contributed by atoms with van der Waals surface area (Å²) in [6, 6.07) is 11.6. The lowest BCUT2D eigenvalue weighted by Crippen LogP contribution is -2.51. The van der Waals surface area contributed by atoms with E-state index in [-0.39, 0.29) is 25.8 Å². The first kappa shape index (κ1) is 26.1. The van der Waals surface area contributed by atoms with Crippen LogP contribution in [0.1, 0.15) is 36.1 Å². The standard InChI is InChI=1S/C23H30N6O5/c1-14-16(8-11-19(24)28-14)13-27-21(31)17(9-12-20(25)30)29-22(32)18(34-23(26)33)10-7-15-5-3-2-4-6-15/h2-6,8,11,17-18H,7,9-10,12-13H2,1H3,(H2,24,28)(H2,25,30)(H2,26,33)(H,27,31)(H,29,32). The van der Waals surface area contributed by atoms with Crippen molar-refractivity contribution in [2.45, 2.75) is 51.3 Å². The van der Waals surface area contributed by atoms with E-state index in [9.17, 15) is 19.2 Å². The number of nitrogen functional groups attached to an aromatic ring is 1. The zero-order valence-electron chi connectivity index (χ0n) is 19.0. The number of pyridine rings is 1. The Kier molecular flexibility index (Phi) is 9.81. The average molecular weight is 471 g/mol. The lowest BCUT2D eigenvalue weighted by Gasteiger charge is -2.22. The van der Waals surface area contributed by atoms with Crippen LogP contribution in [-0.2, 0) is 32.1 Å². The van der Waals surface area contributed by atoms with Gasteiger partial charge in [-0.05, 0) is 43.4 Å². The molecule has 1 heterocycles. The second-order valence-electron chi connectivity index (χ2n) is 7.71. The van der Waals surface area contributed by atoms with Gasteiger partial charge in [-0.15, -0.1) is 0 Å². The van der Waals surface area contributed by atoms with Gasteiger partial charge >= 0.3 is 6.09 Å².